The summed E-state index contributed by atoms with van der Waals surface area (Å²) < 4.78 is 7.40. The van der Waals surface area contributed by atoms with Crippen LogP contribution in [0.2, 0.25) is 0 Å². The lowest BCUT2D eigenvalue weighted by Gasteiger charge is -2.20. The fourth-order valence-electron chi connectivity index (χ4n) is 3.72. The zero-order chi connectivity index (χ0) is 21.7. The van der Waals surface area contributed by atoms with E-state index in [9.17, 15) is 9.59 Å². The molecule has 158 valence electrons. The molecule has 0 fully saturated rings. The van der Waals surface area contributed by atoms with Gasteiger partial charge in [0.2, 0.25) is 0 Å². The molecule has 1 aromatic heterocycles. The summed E-state index contributed by atoms with van der Waals surface area (Å²) in [7, 11) is 3.58. The highest BCUT2D eigenvalue weighted by atomic mass is 16.5. The summed E-state index contributed by atoms with van der Waals surface area (Å²) in [6.45, 7) is 9.93. The molecule has 1 amide bonds. The maximum Gasteiger partial charge on any atom is 0.261 e. The zero-order valence-electron chi connectivity index (χ0n) is 18.9. The lowest BCUT2D eigenvalue weighted by atomic mass is 9.99. The summed E-state index contributed by atoms with van der Waals surface area (Å²) in [5.74, 6) is 0.455. The van der Waals surface area contributed by atoms with Crippen molar-refractivity contribution in [1.29, 1.82) is 0 Å². The number of hydrogen-bond donors (Lipinski definition) is 1. The molecule has 0 radical (unpaired) electrons. The van der Waals surface area contributed by atoms with Crippen LogP contribution in [-0.2, 0) is 26.3 Å². The molecule has 2 rings (SSSR count). The second-order valence-electron chi connectivity index (χ2n) is 7.51. The Morgan fingerprint density at radius 3 is 2.17 bits per heavy atom. The summed E-state index contributed by atoms with van der Waals surface area (Å²) in [6, 6.07) is 3.90. The minimum atomic E-state index is -0.325. The third-order valence-corrected chi connectivity index (χ3v) is 5.81. The molecule has 1 heterocycles. The normalized spacial score (nSPS) is 10.9. The molecule has 0 spiro atoms. The third-order valence-electron chi connectivity index (χ3n) is 5.81. The Morgan fingerprint density at radius 2 is 1.69 bits per heavy atom. The molecule has 2 aromatic rings. The SMILES string of the molecule is CCCCc1c(C(=O)Nc2c(CC)cc(OC)cc2CC)c(=O)c(C)c(C)n1C. The topological polar surface area (TPSA) is 60.3 Å². The van der Waals surface area contributed by atoms with Crippen LogP contribution in [-0.4, -0.2) is 17.6 Å². The molecule has 0 unspecified atom stereocenters. The average molecular weight is 399 g/mol. The lowest BCUT2D eigenvalue weighted by molar-refractivity contribution is 0.102. The quantitative estimate of drug-likeness (QED) is 0.699. The van der Waals surface area contributed by atoms with Crippen molar-refractivity contribution in [2.75, 3.05) is 12.4 Å². The van der Waals surface area contributed by atoms with Crippen molar-refractivity contribution < 1.29 is 9.53 Å². The van der Waals surface area contributed by atoms with Gasteiger partial charge in [0, 0.05) is 29.7 Å². The van der Waals surface area contributed by atoms with Gasteiger partial charge in [-0.05, 0) is 62.8 Å². The summed E-state index contributed by atoms with van der Waals surface area (Å²) in [4.78, 5) is 26.4. The molecule has 0 aliphatic heterocycles. The van der Waals surface area contributed by atoms with Crippen LogP contribution in [0.15, 0.2) is 16.9 Å². The molecule has 0 saturated heterocycles. The smallest absolute Gasteiger partial charge is 0.261 e. The second kappa shape index (κ2) is 9.77. The van der Waals surface area contributed by atoms with E-state index in [2.05, 4.69) is 12.2 Å². The maximum atomic E-state index is 13.4. The van der Waals surface area contributed by atoms with Crippen molar-refractivity contribution in [1.82, 2.24) is 4.57 Å². The minimum Gasteiger partial charge on any atom is -0.497 e. The van der Waals surface area contributed by atoms with E-state index in [1.165, 1.54) is 0 Å². The standard InChI is InChI=1S/C24H34N2O3/c1-8-11-12-20-21(23(27)15(4)16(5)26(20)6)24(28)25-22-17(9-2)13-19(29-7)14-18(22)10-3/h13-14H,8-12H2,1-7H3,(H,25,28). The molecule has 1 N–H and O–H groups in total. The van der Waals surface area contributed by atoms with E-state index in [-0.39, 0.29) is 16.9 Å². The summed E-state index contributed by atoms with van der Waals surface area (Å²) in [6.07, 6.45) is 4.15. The van der Waals surface area contributed by atoms with Gasteiger partial charge in [-0.1, -0.05) is 27.2 Å². The molecule has 29 heavy (non-hydrogen) atoms. The molecule has 0 saturated carbocycles. The number of ether oxygens (including phenoxy) is 1. The number of anilines is 1. The van der Waals surface area contributed by atoms with Crippen molar-refractivity contribution >= 4 is 11.6 Å². The van der Waals surface area contributed by atoms with Gasteiger partial charge in [-0.15, -0.1) is 0 Å². The summed E-state index contributed by atoms with van der Waals surface area (Å²) in [5, 5.41) is 3.07. The van der Waals surface area contributed by atoms with Crippen molar-refractivity contribution in [2.45, 2.75) is 66.7 Å². The first-order valence-electron chi connectivity index (χ1n) is 10.5. The number of rotatable bonds is 8. The van der Waals surface area contributed by atoms with Crippen LogP contribution in [0.3, 0.4) is 0 Å². The van der Waals surface area contributed by atoms with Crippen LogP contribution >= 0.6 is 0 Å². The predicted molar refractivity (Wildman–Crippen MR) is 119 cm³/mol. The Kier molecular flexibility index (Phi) is 7.66. The largest absolute Gasteiger partial charge is 0.497 e. The van der Waals surface area contributed by atoms with E-state index in [4.69, 9.17) is 4.74 Å². The number of benzene rings is 1. The van der Waals surface area contributed by atoms with Gasteiger partial charge in [0.15, 0.2) is 5.43 Å². The van der Waals surface area contributed by atoms with E-state index in [0.717, 1.165) is 59.6 Å². The molecule has 0 aliphatic rings. The Balaban J connectivity index is 2.61. The van der Waals surface area contributed by atoms with Gasteiger partial charge < -0.3 is 14.6 Å². The zero-order valence-corrected chi connectivity index (χ0v) is 18.9. The van der Waals surface area contributed by atoms with Gasteiger partial charge in [-0.3, -0.25) is 9.59 Å². The molecule has 1 aromatic carbocycles. The minimum absolute atomic E-state index is 0.172. The first-order chi connectivity index (χ1) is 13.8. The highest BCUT2D eigenvalue weighted by Crippen LogP contribution is 2.29. The average Bonchev–Trinajstić information content (AvgIpc) is 2.73. The molecule has 5 heteroatoms. The monoisotopic (exact) mass is 398 g/mol. The number of unbranched alkanes of at least 4 members (excludes halogenated alkanes) is 1. The summed E-state index contributed by atoms with van der Waals surface area (Å²) >= 11 is 0. The van der Waals surface area contributed by atoms with Crippen LogP contribution in [0.4, 0.5) is 5.69 Å². The number of hydrogen-bond acceptors (Lipinski definition) is 3. The van der Waals surface area contributed by atoms with Gasteiger partial charge in [-0.2, -0.15) is 0 Å². The van der Waals surface area contributed by atoms with Crippen molar-refractivity contribution in [3.8, 4) is 5.75 Å². The number of pyridine rings is 1. The molecule has 0 atom stereocenters. The highest BCUT2D eigenvalue weighted by molar-refractivity contribution is 6.06. The first-order valence-corrected chi connectivity index (χ1v) is 10.5. The molecule has 0 aliphatic carbocycles. The maximum absolute atomic E-state index is 13.4. The van der Waals surface area contributed by atoms with E-state index < -0.39 is 0 Å². The van der Waals surface area contributed by atoms with E-state index in [1.807, 2.05) is 44.5 Å². The first kappa shape index (κ1) is 22.7. The Bertz CT molecular complexity index is 933. The van der Waals surface area contributed by atoms with Gasteiger partial charge >= 0.3 is 0 Å². The molecule has 0 bridgehead atoms. The highest BCUT2D eigenvalue weighted by Gasteiger charge is 2.23. The molecular weight excluding hydrogens is 364 g/mol. The molecule has 5 nitrogen and oxygen atoms in total. The van der Waals surface area contributed by atoms with Gasteiger partial charge in [-0.25, -0.2) is 0 Å². The van der Waals surface area contributed by atoms with Crippen molar-refractivity contribution in [3.63, 3.8) is 0 Å². The van der Waals surface area contributed by atoms with Crippen molar-refractivity contribution in [3.05, 3.63) is 56.0 Å². The van der Waals surface area contributed by atoms with Gasteiger partial charge in [0.25, 0.3) is 5.91 Å². The molecular formula is C24H34N2O3. The lowest BCUT2D eigenvalue weighted by Crippen LogP contribution is -2.30. The summed E-state index contributed by atoms with van der Waals surface area (Å²) in [5.41, 5.74) is 5.24. The fourth-order valence-corrected chi connectivity index (χ4v) is 3.72. The number of nitrogens with one attached hydrogen (secondary N) is 1. The van der Waals surface area contributed by atoms with Crippen LogP contribution in [0.25, 0.3) is 0 Å². The third kappa shape index (κ3) is 4.55. The van der Waals surface area contributed by atoms with Crippen LogP contribution in [0.5, 0.6) is 5.75 Å². The number of aryl methyl sites for hydroxylation is 2. The Hall–Kier alpha value is -2.56. The Morgan fingerprint density at radius 1 is 1.10 bits per heavy atom. The van der Waals surface area contributed by atoms with E-state index in [1.54, 1.807) is 14.0 Å². The van der Waals surface area contributed by atoms with Crippen LogP contribution in [0, 0.1) is 13.8 Å². The number of carbonyl (C=O) groups excluding carboxylic acids is 1. The van der Waals surface area contributed by atoms with Crippen LogP contribution < -0.4 is 15.5 Å². The van der Waals surface area contributed by atoms with Crippen LogP contribution in [0.1, 0.15) is 72.0 Å². The number of methoxy groups -OCH3 is 1. The Labute approximate surface area is 174 Å². The fraction of sp³-hybridized carbons (Fsp3) is 0.500. The predicted octanol–water partition coefficient (Wildman–Crippen LogP) is 4.73. The van der Waals surface area contributed by atoms with E-state index in [0.29, 0.717) is 12.0 Å². The van der Waals surface area contributed by atoms with Gasteiger partial charge in [0.05, 0.1) is 7.11 Å². The van der Waals surface area contributed by atoms with E-state index >= 15 is 0 Å². The van der Waals surface area contributed by atoms with Crippen molar-refractivity contribution in [2.24, 2.45) is 7.05 Å². The number of amides is 1. The second-order valence-corrected chi connectivity index (χ2v) is 7.51. The number of aromatic nitrogens is 1. The number of carbonyl (C=O) groups is 1. The number of nitrogens with zero attached hydrogens (tertiary/aromatic N) is 1. The van der Waals surface area contributed by atoms with Gasteiger partial charge in [0.1, 0.15) is 11.3 Å².